The molecule has 9 rings (SSSR count). The van der Waals surface area contributed by atoms with Gasteiger partial charge in [0.15, 0.2) is 11.5 Å². The van der Waals surface area contributed by atoms with Crippen molar-refractivity contribution in [2.45, 2.75) is 113 Å². The van der Waals surface area contributed by atoms with Crippen LogP contribution in [-0.2, 0) is 16.6 Å². The van der Waals surface area contributed by atoms with Gasteiger partial charge in [-0.25, -0.2) is 0 Å². The summed E-state index contributed by atoms with van der Waals surface area (Å²) >= 11 is 0. The third-order valence-corrected chi connectivity index (χ3v) is 12.5. The number of phenolic OH excluding ortho intramolecular Hbond substituents is 1. The molecule has 0 radical (unpaired) electrons. The zero-order valence-electron chi connectivity index (χ0n) is 21.9. The van der Waals surface area contributed by atoms with Crippen molar-refractivity contribution in [1.82, 2.24) is 4.90 Å². The van der Waals surface area contributed by atoms with Gasteiger partial charge in [0.1, 0.15) is 11.7 Å². The van der Waals surface area contributed by atoms with Gasteiger partial charge in [-0.05, 0) is 81.4 Å². The zero-order chi connectivity index (χ0) is 24.3. The minimum atomic E-state index is -0.487. The molecule has 6 aliphatic carbocycles. The van der Waals surface area contributed by atoms with E-state index in [0.29, 0.717) is 12.0 Å². The molecule has 2 aliphatic heterocycles. The number of methoxy groups -OCH3 is 1. The molecule has 5 saturated carbocycles. The normalized spacial score (nSPS) is 43.8. The van der Waals surface area contributed by atoms with Gasteiger partial charge < -0.3 is 19.7 Å². The van der Waals surface area contributed by atoms with E-state index in [1.807, 2.05) is 13.2 Å². The molecule has 7 atom stereocenters. The molecule has 196 valence electrons. The van der Waals surface area contributed by atoms with Crippen LogP contribution in [0.5, 0.6) is 11.5 Å². The largest absolute Gasteiger partial charge is 0.504 e. The van der Waals surface area contributed by atoms with E-state index in [9.17, 15) is 10.2 Å². The van der Waals surface area contributed by atoms with Crippen LogP contribution in [0.1, 0.15) is 88.2 Å². The van der Waals surface area contributed by atoms with Crippen LogP contribution >= 0.6 is 0 Å². The number of benzene rings is 1. The van der Waals surface area contributed by atoms with Crippen LogP contribution in [0, 0.1) is 23.2 Å². The smallest absolute Gasteiger partial charge is 0.165 e. The van der Waals surface area contributed by atoms with Gasteiger partial charge in [-0.2, -0.15) is 0 Å². The Kier molecular flexibility index (Phi) is 4.81. The Morgan fingerprint density at radius 2 is 1.92 bits per heavy atom. The average molecular weight is 494 g/mol. The predicted molar refractivity (Wildman–Crippen MR) is 137 cm³/mol. The fraction of sp³-hybridized carbons (Fsp3) is 0.806. The van der Waals surface area contributed by atoms with Crippen LogP contribution in [0.4, 0.5) is 0 Å². The van der Waals surface area contributed by atoms with Gasteiger partial charge in [-0.1, -0.05) is 38.2 Å². The number of piperidine rings is 1. The van der Waals surface area contributed by atoms with E-state index in [1.165, 1.54) is 62.6 Å². The lowest BCUT2D eigenvalue weighted by Crippen LogP contribution is -2.81. The lowest BCUT2D eigenvalue weighted by Gasteiger charge is -2.74. The molecule has 2 heterocycles. The van der Waals surface area contributed by atoms with E-state index < -0.39 is 5.60 Å². The summed E-state index contributed by atoms with van der Waals surface area (Å²) in [5.41, 5.74) is 2.21. The Morgan fingerprint density at radius 1 is 1.08 bits per heavy atom. The van der Waals surface area contributed by atoms with Gasteiger partial charge in [0, 0.05) is 42.0 Å². The Morgan fingerprint density at radius 3 is 2.69 bits per heavy atom. The molecule has 0 aromatic heterocycles. The molecule has 0 unspecified atom stereocenters. The summed E-state index contributed by atoms with van der Waals surface area (Å²) in [4.78, 5) is 2.85. The molecule has 8 aliphatic rings. The Labute approximate surface area is 215 Å². The fourth-order valence-corrected chi connectivity index (χ4v) is 10.8. The first-order chi connectivity index (χ1) is 17.5. The van der Waals surface area contributed by atoms with Crippen molar-refractivity contribution in [3.05, 3.63) is 23.3 Å². The van der Waals surface area contributed by atoms with Crippen molar-refractivity contribution in [3.8, 4) is 11.5 Å². The summed E-state index contributed by atoms with van der Waals surface area (Å²) in [6.07, 6.45) is 15.0. The molecule has 2 spiro atoms. The number of rotatable bonds is 6. The molecule has 4 bridgehead atoms. The van der Waals surface area contributed by atoms with E-state index in [0.717, 1.165) is 56.7 Å². The van der Waals surface area contributed by atoms with Gasteiger partial charge >= 0.3 is 0 Å². The SMILES string of the molecule is CO[C@]12CC[C@@]3(C[C@@H]1[C@H](O)CC1CCCCC1)[C@H]1Cc4ccc(O)c5c4[C@@]3(CCN1CC1CC1)[C@H]2O5. The molecule has 6 fully saturated rings. The van der Waals surface area contributed by atoms with Crippen molar-refractivity contribution in [2.75, 3.05) is 20.2 Å². The Bertz CT molecular complexity index is 1060. The van der Waals surface area contributed by atoms with Crippen molar-refractivity contribution in [3.63, 3.8) is 0 Å². The fourth-order valence-electron chi connectivity index (χ4n) is 10.8. The minimum Gasteiger partial charge on any atom is -0.504 e. The maximum absolute atomic E-state index is 11.9. The Balaban J connectivity index is 1.26. The molecule has 2 N–H and O–H groups in total. The molecular formula is C31H43NO4. The highest BCUT2D eigenvalue weighted by Crippen LogP contribution is 2.77. The maximum Gasteiger partial charge on any atom is 0.165 e. The third-order valence-electron chi connectivity index (χ3n) is 12.5. The molecule has 5 heteroatoms. The van der Waals surface area contributed by atoms with E-state index in [2.05, 4.69) is 11.0 Å². The van der Waals surface area contributed by atoms with Crippen molar-refractivity contribution >= 4 is 0 Å². The van der Waals surface area contributed by atoms with Crippen molar-refractivity contribution < 1.29 is 19.7 Å². The zero-order valence-corrected chi connectivity index (χ0v) is 21.9. The highest BCUT2D eigenvalue weighted by atomic mass is 16.6. The standard InChI is InChI=1S/C31H43NO4/c1-35-31-12-11-29(17-22(31)24(34)15-19-5-3-2-4-6-19)25-16-21-9-10-23(33)27-26(21)30(29,28(31)36-27)13-14-32(25)18-20-7-8-20/h9-10,19-20,22,24-25,28,33-34H,2-8,11-18H2,1H3/t22-,24-,25-,28-,29-,30+,31-/m1/s1. The van der Waals surface area contributed by atoms with E-state index in [1.54, 1.807) is 0 Å². The first-order valence-electron chi connectivity index (χ1n) is 15.0. The quantitative estimate of drug-likeness (QED) is 0.587. The number of hydrogen-bond donors (Lipinski definition) is 2. The van der Waals surface area contributed by atoms with Gasteiger partial charge in [0.25, 0.3) is 0 Å². The van der Waals surface area contributed by atoms with Gasteiger partial charge in [-0.3, -0.25) is 4.90 Å². The summed E-state index contributed by atoms with van der Waals surface area (Å²) in [7, 11) is 1.87. The van der Waals surface area contributed by atoms with Gasteiger partial charge in [0.2, 0.25) is 0 Å². The summed E-state index contributed by atoms with van der Waals surface area (Å²) in [6, 6.07) is 4.54. The second-order valence-electron chi connectivity index (χ2n) is 13.8. The highest BCUT2D eigenvalue weighted by Gasteiger charge is 2.81. The number of ether oxygens (including phenoxy) is 2. The minimum absolute atomic E-state index is 0.0926. The summed E-state index contributed by atoms with van der Waals surface area (Å²) < 4.78 is 13.5. The first-order valence-corrected chi connectivity index (χ1v) is 15.0. The van der Waals surface area contributed by atoms with Gasteiger partial charge in [0.05, 0.1) is 6.10 Å². The number of fused-ring (bicyclic) bond motifs is 2. The monoisotopic (exact) mass is 493 g/mol. The Hall–Kier alpha value is -1.30. The van der Waals surface area contributed by atoms with Crippen LogP contribution in [0.15, 0.2) is 12.1 Å². The maximum atomic E-state index is 11.9. The topological polar surface area (TPSA) is 62.2 Å². The predicted octanol–water partition coefficient (Wildman–Crippen LogP) is 4.95. The van der Waals surface area contributed by atoms with E-state index in [4.69, 9.17) is 9.47 Å². The second kappa shape index (κ2) is 7.64. The molecule has 1 aromatic carbocycles. The number of nitrogens with zero attached hydrogens (tertiary/aromatic N) is 1. The number of aliphatic hydroxyl groups is 1. The van der Waals surface area contributed by atoms with Crippen LogP contribution in [0.25, 0.3) is 0 Å². The molecule has 36 heavy (non-hydrogen) atoms. The average Bonchev–Trinajstić information content (AvgIpc) is 3.64. The lowest BCUT2D eigenvalue weighted by atomic mass is 9.34. The van der Waals surface area contributed by atoms with Gasteiger partial charge in [-0.15, -0.1) is 0 Å². The number of aromatic hydroxyl groups is 1. The summed E-state index contributed by atoms with van der Waals surface area (Å²) in [5.74, 6) is 2.64. The highest BCUT2D eigenvalue weighted by molar-refractivity contribution is 5.63. The van der Waals surface area contributed by atoms with Crippen molar-refractivity contribution in [2.24, 2.45) is 23.2 Å². The number of likely N-dealkylation sites (tertiary alicyclic amines) is 1. The number of aliphatic hydroxyl groups excluding tert-OH is 1. The van der Waals surface area contributed by atoms with Crippen LogP contribution in [0.3, 0.4) is 0 Å². The van der Waals surface area contributed by atoms with E-state index in [-0.39, 0.29) is 34.7 Å². The summed E-state index contributed by atoms with van der Waals surface area (Å²) in [5, 5.41) is 22.9. The third kappa shape index (κ3) is 2.68. The second-order valence-corrected chi connectivity index (χ2v) is 13.8. The summed E-state index contributed by atoms with van der Waals surface area (Å²) in [6.45, 7) is 2.35. The van der Waals surface area contributed by atoms with Crippen molar-refractivity contribution in [1.29, 1.82) is 0 Å². The molecule has 0 amide bonds. The lowest BCUT2D eigenvalue weighted by molar-refractivity contribution is -0.291. The first kappa shape index (κ1) is 22.7. The molecule has 1 saturated heterocycles. The number of phenols is 1. The molecule has 1 aromatic rings. The van der Waals surface area contributed by atoms with Crippen LogP contribution in [0.2, 0.25) is 0 Å². The molecular weight excluding hydrogens is 450 g/mol. The molecule has 5 nitrogen and oxygen atoms in total. The van der Waals surface area contributed by atoms with E-state index >= 15 is 0 Å². The van der Waals surface area contributed by atoms with Crippen LogP contribution < -0.4 is 4.74 Å². The number of hydrogen-bond acceptors (Lipinski definition) is 5. The van der Waals surface area contributed by atoms with Crippen LogP contribution in [-0.4, -0.2) is 59.2 Å².